The Morgan fingerprint density at radius 2 is 2.50 bits per heavy atom. The number of aromatic nitrogens is 1. The molecule has 1 unspecified atom stereocenters. The van der Waals surface area contributed by atoms with Crippen LogP contribution in [-0.4, -0.2) is 30.0 Å². The minimum Gasteiger partial charge on any atom is -0.347 e. The largest absolute Gasteiger partial charge is 0.347 e. The molecule has 5 nitrogen and oxygen atoms in total. The zero-order valence-corrected chi connectivity index (χ0v) is 8.73. The molecule has 5 heteroatoms. The van der Waals surface area contributed by atoms with Crippen molar-refractivity contribution in [2.75, 3.05) is 13.1 Å². The van der Waals surface area contributed by atoms with Gasteiger partial charge in [0.2, 0.25) is 0 Å². The van der Waals surface area contributed by atoms with Crippen molar-refractivity contribution in [2.24, 2.45) is 0 Å². The van der Waals surface area contributed by atoms with E-state index in [1.54, 1.807) is 12.1 Å². The molecule has 1 amide bonds. The van der Waals surface area contributed by atoms with Crippen molar-refractivity contribution in [3.63, 3.8) is 0 Å². The van der Waals surface area contributed by atoms with Crippen molar-refractivity contribution in [2.45, 2.75) is 12.5 Å². The zero-order valence-electron chi connectivity index (χ0n) is 8.73. The molecule has 1 aliphatic heterocycles. The molecule has 1 aromatic heterocycles. The summed E-state index contributed by atoms with van der Waals surface area (Å²) in [6.45, 7) is 1.74. The van der Waals surface area contributed by atoms with E-state index in [1.807, 2.05) is 6.07 Å². The smallest absolute Gasteiger partial charge is 0.270 e. The molecule has 16 heavy (non-hydrogen) atoms. The fraction of sp³-hybridized carbons (Fsp3) is 0.364. The van der Waals surface area contributed by atoms with Crippen LogP contribution in [0.25, 0.3) is 0 Å². The summed E-state index contributed by atoms with van der Waals surface area (Å²) in [6, 6.07) is 5.30. The topological polar surface area (TPSA) is 77.8 Å². The molecule has 0 saturated carbocycles. The number of nitriles is 1. The summed E-state index contributed by atoms with van der Waals surface area (Å²) in [5.41, 5.74) is 0.810. The highest BCUT2D eigenvalue weighted by molar-refractivity contribution is 5.92. The number of nitrogens with zero attached hydrogens (tertiary/aromatic N) is 2. The van der Waals surface area contributed by atoms with E-state index in [1.165, 1.54) is 6.20 Å². The van der Waals surface area contributed by atoms with Crippen molar-refractivity contribution >= 4 is 5.91 Å². The van der Waals surface area contributed by atoms with Crippen molar-refractivity contribution in [3.8, 4) is 6.07 Å². The lowest BCUT2D eigenvalue weighted by atomic mass is 10.2. The third-order valence-electron chi connectivity index (χ3n) is 2.52. The van der Waals surface area contributed by atoms with Crippen molar-refractivity contribution < 1.29 is 4.79 Å². The maximum absolute atomic E-state index is 11.7. The Hall–Kier alpha value is -1.93. The van der Waals surface area contributed by atoms with E-state index >= 15 is 0 Å². The normalized spacial score (nSPS) is 19.1. The van der Waals surface area contributed by atoms with Gasteiger partial charge in [-0.2, -0.15) is 5.26 Å². The van der Waals surface area contributed by atoms with Crippen LogP contribution in [0.15, 0.2) is 18.3 Å². The number of hydrogen-bond donors (Lipinski definition) is 2. The van der Waals surface area contributed by atoms with Crippen molar-refractivity contribution in [1.82, 2.24) is 15.6 Å². The summed E-state index contributed by atoms with van der Waals surface area (Å²) >= 11 is 0. The van der Waals surface area contributed by atoms with Gasteiger partial charge >= 0.3 is 0 Å². The molecule has 1 saturated heterocycles. The molecule has 82 valence electrons. The number of hydrogen-bond acceptors (Lipinski definition) is 4. The van der Waals surface area contributed by atoms with E-state index < -0.39 is 0 Å². The molecule has 0 aromatic carbocycles. The number of rotatable bonds is 2. The molecule has 0 aliphatic carbocycles. The van der Waals surface area contributed by atoms with E-state index in [0.29, 0.717) is 11.3 Å². The summed E-state index contributed by atoms with van der Waals surface area (Å²) < 4.78 is 0. The van der Waals surface area contributed by atoms with Crippen LogP contribution in [0.5, 0.6) is 0 Å². The van der Waals surface area contributed by atoms with Gasteiger partial charge in [0, 0.05) is 18.8 Å². The van der Waals surface area contributed by atoms with Gasteiger partial charge in [-0.05, 0) is 25.1 Å². The molecular weight excluding hydrogens is 204 g/mol. The molecule has 1 aliphatic rings. The monoisotopic (exact) mass is 216 g/mol. The second kappa shape index (κ2) is 4.73. The Labute approximate surface area is 93.5 Å². The summed E-state index contributed by atoms with van der Waals surface area (Å²) in [4.78, 5) is 15.7. The lowest BCUT2D eigenvalue weighted by Crippen LogP contribution is -2.36. The first kappa shape index (κ1) is 10.6. The summed E-state index contributed by atoms with van der Waals surface area (Å²) in [7, 11) is 0. The highest BCUT2D eigenvalue weighted by Crippen LogP contribution is 2.02. The Morgan fingerprint density at radius 3 is 3.06 bits per heavy atom. The molecule has 2 N–H and O–H groups in total. The predicted molar refractivity (Wildman–Crippen MR) is 57.7 cm³/mol. The standard InChI is InChI=1S/C11H12N4O/c12-5-8-1-2-10(14-6-8)11(16)15-9-3-4-13-7-9/h1-2,6,9,13H,3-4,7H2,(H,15,16). The van der Waals surface area contributed by atoms with Crippen LogP contribution < -0.4 is 10.6 Å². The first-order valence-corrected chi connectivity index (χ1v) is 5.17. The molecule has 0 radical (unpaired) electrons. The lowest BCUT2D eigenvalue weighted by molar-refractivity contribution is 0.0935. The Morgan fingerprint density at radius 1 is 1.62 bits per heavy atom. The van der Waals surface area contributed by atoms with Crippen LogP contribution >= 0.6 is 0 Å². The van der Waals surface area contributed by atoms with Crippen LogP contribution in [0.1, 0.15) is 22.5 Å². The maximum Gasteiger partial charge on any atom is 0.270 e. The van der Waals surface area contributed by atoms with Crippen molar-refractivity contribution in [3.05, 3.63) is 29.6 Å². The zero-order chi connectivity index (χ0) is 11.4. The molecule has 1 fully saturated rings. The van der Waals surface area contributed by atoms with Crippen LogP contribution in [0, 0.1) is 11.3 Å². The van der Waals surface area contributed by atoms with E-state index in [9.17, 15) is 4.79 Å². The Balaban J connectivity index is 2.00. The van der Waals surface area contributed by atoms with Crippen LogP contribution in [0.2, 0.25) is 0 Å². The Kier molecular flexibility index (Phi) is 3.13. The second-order valence-corrected chi connectivity index (χ2v) is 3.71. The third kappa shape index (κ3) is 2.35. The number of amides is 1. The van der Waals surface area contributed by atoms with Crippen LogP contribution in [0.4, 0.5) is 0 Å². The van der Waals surface area contributed by atoms with Crippen LogP contribution in [0.3, 0.4) is 0 Å². The molecule has 2 rings (SSSR count). The molecular formula is C11H12N4O. The van der Waals surface area contributed by atoms with Gasteiger partial charge in [-0.25, -0.2) is 4.98 Å². The maximum atomic E-state index is 11.7. The number of carbonyl (C=O) groups excluding carboxylic acids is 1. The van der Waals surface area contributed by atoms with E-state index in [0.717, 1.165) is 19.5 Å². The quantitative estimate of drug-likeness (QED) is 0.732. The predicted octanol–water partition coefficient (Wildman–Crippen LogP) is 0.0450. The van der Waals surface area contributed by atoms with E-state index in [2.05, 4.69) is 15.6 Å². The molecule has 2 heterocycles. The number of pyridine rings is 1. The molecule has 1 atom stereocenters. The van der Waals surface area contributed by atoms with Crippen LogP contribution in [-0.2, 0) is 0 Å². The number of carbonyl (C=O) groups is 1. The third-order valence-corrected chi connectivity index (χ3v) is 2.52. The van der Waals surface area contributed by atoms with Gasteiger partial charge in [-0.1, -0.05) is 0 Å². The average molecular weight is 216 g/mol. The van der Waals surface area contributed by atoms with Gasteiger partial charge in [0.1, 0.15) is 11.8 Å². The molecule has 0 spiro atoms. The Bertz CT molecular complexity index is 415. The van der Waals surface area contributed by atoms with E-state index in [-0.39, 0.29) is 11.9 Å². The lowest BCUT2D eigenvalue weighted by Gasteiger charge is -2.10. The summed E-state index contributed by atoms with van der Waals surface area (Å²) in [5, 5.41) is 14.7. The molecule has 1 aromatic rings. The van der Waals surface area contributed by atoms with E-state index in [4.69, 9.17) is 5.26 Å². The van der Waals surface area contributed by atoms with Gasteiger partial charge in [0.25, 0.3) is 5.91 Å². The summed E-state index contributed by atoms with van der Waals surface area (Å²) in [6.07, 6.45) is 2.35. The fourth-order valence-electron chi connectivity index (χ4n) is 1.63. The second-order valence-electron chi connectivity index (χ2n) is 3.71. The van der Waals surface area contributed by atoms with Gasteiger partial charge < -0.3 is 10.6 Å². The van der Waals surface area contributed by atoms with Gasteiger partial charge in [0.05, 0.1) is 5.56 Å². The first-order valence-electron chi connectivity index (χ1n) is 5.17. The fourth-order valence-corrected chi connectivity index (χ4v) is 1.63. The average Bonchev–Trinajstić information content (AvgIpc) is 2.82. The first-order chi connectivity index (χ1) is 7.79. The SMILES string of the molecule is N#Cc1ccc(C(=O)NC2CCNC2)nc1. The van der Waals surface area contributed by atoms with Gasteiger partial charge in [-0.3, -0.25) is 4.79 Å². The van der Waals surface area contributed by atoms with Crippen molar-refractivity contribution in [1.29, 1.82) is 5.26 Å². The highest BCUT2D eigenvalue weighted by Gasteiger charge is 2.17. The number of nitrogens with one attached hydrogen (secondary N) is 2. The summed E-state index contributed by atoms with van der Waals surface area (Å²) in [5.74, 6) is -0.182. The highest BCUT2D eigenvalue weighted by atomic mass is 16.1. The molecule has 0 bridgehead atoms. The minimum atomic E-state index is -0.182. The van der Waals surface area contributed by atoms with Gasteiger partial charge in [-0.15, -0.1) is 0 Å². The van der Waals surface area contributed by atoms with Gasteiger partial charge in [0.15, 0.2) is 0 Å². The minimum absolute atomic E-state index is 0.182.